The monoisotopic (exact) mass is 1570 g/mol. The minimum Gasteiger partial charge on any atom is -0.370 e. The number of hydrogen-bond acceptors (Lipinski definition) is 17. The molecule has 0 saturated heterocycles. The number of fused-ring (bicyclic) bond motifs is 3. The molecule has 37 N–H and O–H groups in total. The van der Waals surface area contributed by atoms with E-state index in [1.807, 2.05) is 18.2 Å². The summed E-state index contributed by atoms with van der Waals surface area (Å²) >= 11 is 0. The van der Waals surface area contributed by atoms with Crippen molar-refractivity contribution in [2.45, 2.75) is 171 Å². The summed E-state index contributed by atoms with van der Waals surface area (Å²) in [6.45, 7) is 4.57. The first kappa shape index (κ1) is 88.7. The summed E-state index contributed by atoms with van der Waals surface area (Å²) < 4.78 is 0. The summed E-state index contributed by atoms with van der Waals surface area (Å²) in [6, 6.07) is 6.34. The number of aromatic amines is 3. The molecule has 0 radical (unpaired) electrons. The molecule has 6 rings (SSSR count). The summed E-state index contributed by atoms with van der Waals surface area (Å²) in [5, 5.41) is 79.9. The maximum absolute atomic E-state index is 15.2. The Balaban J connectivity index is 1.26. The molecule has 3 heterocycles. The zero-order valence-electron chi connectivity index (χ0n) is 63.3. The summed E-state index contributed by atoms with van der Waals surface area (Å²) in [4.78, 5) is 167. The van der Waals surface area contributed by atoms with Crippen LogP contribution in [0.3, 0.4) is 0 Å². The first-order chi connectivity index (χ1) is 53.8. The Morgan fingerprint density at radius 3 is 0.850 bits per heavy atom. The van der Waals surface area contributed by atoms with Crippen LogP contribution >= 0.6 is 0 Å². The van der Waals surface area contributed by atoms with Gasteiger partial charge < -0.3 is 135 Å². The highest BCUT2D eigenvalue weighted by Crippen LogP contribution is 2.23. The van der Waals surface area contributed by atoms with Gasteiger partial charge in [0.05, 0.1) is 6.04 Å². The lowest BCUT2D eigenvalue weighted by Crippen LogP contribution is -2.60. The maximum atomic E-state index is 15.2. The SMILES string of the molecule is C[C@H](NC(=O)[C@H](C)NC(=O)[C@@H](N)CCCNC(=N)N)C(=O)N[C@@H](CCCNC(=N)N)C(=O)N[C@@H](CCCNC(=N)N)C(=O)N[C@@H](Cc1c[nH]c2ccccc12)C(=O)N[C@@H](C)C(=O)N[C@@H](CCCNC(=N)N)C(=O)N[C@@H](Cc1c[nH]c2ccccc12)C(=O)N[C@@H](Cc1c[nH]c2ccccc12)C(=O)N[C@@H](CCCNC(=N)N)C(N)=O. The molecule has 0 aliphatic carbocycles. The maximum Gasteiger partial charge on any atom is 0.243 e. The molecule has 41 nitrogen and oxygen atoms in total. The number of nitrogens with one attached hydrogen (secondary N) is 23. The van der Waals surface area contributed by atoms with Crippen LogP contribution in [-0.4, -0.2) is 209 Å². The summed E-state index contributed by atoms with van der Waals surface area (Å²) in [7, 11) is 0. The van der Waals surface area contributed by atoms with Crippen LogP contribution in [0, 0.1) is 27.0 Å². The highest BCUT2D eigenvalue weighted by molar-refractivity contribution is 6.00. The third-order valence-electron chi connectivity index (χ3n) is 18.3. The van der Waals surface area contributed by atoms with E-state index in [0.717, 1.165) is 10.9 Å². The third kappa shape index (κ3) is 29.3. The van der Waals surface area contributed by atoms with Gasteiger partial charge in [0.15, 0.2) is 29.8 Å². The molecule has 0 unspecified atom stereocenters. The van der Waals surface area contributed by atoms with Crippen LogP contribution in [0.25, 0.3) is 32.7 Å². The molecule has 0 bridgehead atoms. The molecule has 113 heavy (non-hydrogen) atoms. The van der Waals surface area contributed by atoms with Crippen LogP contribution in [0.15, 0.2) is 91.4 Å². The minimum atomic E-state index is -1.54. The van der Waals surface area contributed by atoms with Gasteiger partial charge in [0.25, 0.3) is 0 Å². The molecule has 6 aromatic rings. The number of rotatable bonds is 47. The number of guanidine groups is 5. The zero-order chi connectivity index (χ0) is 82.8. The summed E-state index contributed by atoms with van der Waals surface area (Å²) in [5.74, 6) is -11.2. The molecule has 3 aromatic carbocycles. The van der Waals surface area contributed by atoms with Gasteiger partial charge in [0.1, 0.15) is 60.4 Å². The third-order valence-corrected chi connectivity index (χ3v) is 18.3. The molecular weight excluding hydrogens is 1460 g/mol. The fourth-order valence-electron chi connectivity index (χ4n) is 12.2. The number of nitrogens with two attached hydrogens (primary N) is 7. The van der Waals surface area contributed by atoms with E-state index in [0.29, 0.717) is 44.9 Å². The molecular formula is C72H108N30O11. The molecule has 0 fully saturated rings. The van der Waals surface area contributed by atoms with E-state index in [-0.39, 0.29) is 128 Å². The van der Waals surface area contributed by atoms with Crippen LogP contribution in [0.1, 0.15) is 102 Å². The van der Waals surface area contributed by atoms with Crippen LogP contribution in [0.2, 0.25) is 0 Å². The Labute approximate surface area is 651 Å². The van der Waals surface area contributed by atoms with Gasteiger partial charge in [-0.05, 0) is 120 Å². The van der Waals surface area contributed by atoms with Gasteiger partial charge in [-0.1, -0.05) is 54.6 Å². The van der Waals surface area contributed by atoms with E-state index in [1.54, 1.807) is 73.2 Å². The quantitative estimate of drug-likeness (QED) is 0.00968. The van der Waals surface area contributed by atoms with Crippen molar-refractivity contribution >= 4 is 127 Å². The first-order valence-corrected chi connectivity index (χ1v) is 36.9. The topological polar surface area (TPSA) is 717 Å². The lowest BCUT2D eigenvalue weighted by molar-refractivity contribution is -0.136. The van der Waals surface area contributed by atoms with Gasteiger partial charge in [-0.15, -0.1) is 0 Å². The minimum absolute atomic E-state index is 0.0263. The predicted octanol–water partition coefficient (Wildman–Crippen LogP) is -4.80. The number of primary amides is 1. The lowest BCUT2D eigenvalue weighted by atomic mass is 10.0. The number of amides is 11. The standard InChI is InChI=1S/C72H108N30O11/c1-37(94-61(107)46(73)18-10-26-85-68(75)76)58(104)93-38(2)59(105)97-51(23-12-28-87-70(79)80)62(108)99-53(25-14-30-89-72(83)84)64(110)100-54(31-40-34-90-47-19-7-4-15-43(40)47)65(111)95-39(3)60(106)98-52(24-13-29-88-71(81)82)63(109)101-56(33-42-36-92-49-21-9-6-17-45(42)49)67(113)102-55(32-41-35-91-48-20-8-5-16-44(41)48)66(112)96-50(57(74)103)22-11-27-86-69(77)78/h4-9,15-17,19-21,34-39,46,50-56,90-92H,10-14,18,22-33,73H2,1-3H3,(H2,74,103)(H,93,104)(H,94,107)(H,95,111)(H,96,112)(H,97,105)(H,98,106)(H,99,108)(H,100,110)(H,101,109)(H,102,113)(H4,75,76,85)(H4,77,78,86)(H4,79,80,87)(H4,81,82,88)(H4,83,84,89)/t37-,38-,39-,46-,50-,51-,52-,53-,54-,55-,56-/m0/s1. The van der Waals surface area contributed by atoms with Crippen LogP contribution in [-0.2, 0) is 72.0 Å². The van der Waals surface area contributed by atoms with Crippen LogP contribution in [0.5, 0.6) is 0 Å². The van der Waals surface area contributed by atoms with Gasteiger partial charge in [0.2, 0.25) is 65.0 Å². The van der Waals surface area contributed by atoms with Crippen molar-refractivity contribution < 1.29 is 52.7 Å². The van der Waals surface area contributed by atoms with E-state index in [4.69, 9.17) is 67.2 Å². The largest absolute Gasteiger partial charge is 0.370 e. The van der Waals surface area contributed by atoms with Crippen molar-refractivity contribution in [2.24, 2.45) is 40.1 Å². The average molecular weight is 1570 g/mol. The van der Waals surface area contributed by atoms with Crippen molar-refractivity contribution in [3.63, 3.8) is 0 Å². The van der Waals surface area contributed by atoms with Gasteiger partial charge in [0, 0.05) is 103 Å². The van der Waals surface area contributed by atoms with E-state index in [1.165, 1.54) is 20.8 Å². The molecule has 0 aliphatic rings. The summed E-state index contributed by atoms with van der Waals surface area (Å²) in [5.41, 5.74) is 43.1. The Bertz CT molecular complexity index is 4350. The molecule has 0 aliphatic heterocycles. The number of hydrogen-bond donors (Lipinski definition) is 30. The Morgan fingerprint density at radius 1 is 0.310 bits per heavy atom. The average Bonchev–Trinajstić information content (AvgIpc) is 1.71. The van der Waals surface area contributed by atoms with E-state index in [2.05, 4.69) is 94.7 Å². The van der Waals surface area contributed by atoms with Gasteiger partial charge in [-0.3, -0.25) is 79.8 Å². The van der Waals surface area contributed by atoms with Crippen LogP contribution < -0.4 is 120 Å². The molecule has 0 saturated carbocycles. The van der Waals surface area contributed by atoms with E-state index in [9.17, 15) is 43.2 Å². The second-order valence-electron chi connectivity index (χ2n) is 27.2. The number of H-pyrrole nitrogens is 3. The fraction of sp³-hybridized carbons (Fsp3) is 0.444. The number of benzene rings is 3. The predicted molar refractivity (Wildman–Crippen MR) is 425 cm³/mol. The van der Waals surface area contributed by atoms with Crippen LogP contribution in [0.4, 0.5) is 0 Å². The van der Waals surface area contributed by atoms with Gasteiger partial charge >= 0.3 is 0 Å². The number of aromatic nitrogens is 3. The Hall–Kier alpha value is -13.2. The second-order valence-corrected chi connectivity index (χ2v) is 27.2. The highest BCUT2D eigenvalue weighted by Gasteiger charge is 2.36. The summed E-state index contributed by atoms with van der Waals surface area (Å²) in [6.07, 6.45) is 5.05. The highest BCUT2D eigenvalue weighted by atomic mass is 16.2. The smallest absolute Gasteiger partial charge is 0.243 e. The molecule has 3 aromatic heterocycles. The molecule has 612 valence electrons. The number of carbonyl (C=O) groups is 11. The zero-order valence-corrected chi connectivity index (χ0v) is 63.3. The molecule has 0 spiro atoms. The van der Waals surface area contributed by atoms with Gasteiger partial charge in [-0.25, -0.2) is 0 Å². The van der Waals surface area contributed by atoms with Crippen molar-refractivity contribution in [3.8, 4) is 0 Å². The Kier molecular flexibility index (Phi) is 34.9. The molecule has 11 atom stereocenters. The lowest BCUT2D eigenvalue weighted by Gasteiger charge is -2.28. The Morgan fingerprint density at radius 2 is 0.540 bits per heavy atom. The van der Waals surface area contributed by atoms with Crippen molar-refractivity contribution in [2.75, 3.05) is 32.7 Å². The van der Waals surface area contributed by atoms with E-state index < -0.39 is 143 Å². The number of carbonyl (C=O) groups excluding carboxylic acids is 11. The normalized spacial score (nSPS) is 14.0. The van der Waals surface area contributed by atoms with Crippen molar-refractivity contribution in [3.05, 3.63) is 108 Å². The van der Waals surface area contributed by atoms with E-state index >= 15 is 9.59 Å². The first-order valence-electron chi connectivity index (χ1n) is 36.9. The molecule has 41 heteroatoms. The number of para-hydroxylation sites is 3. The molecule has 11 amide bonds. The van der Waals surface area contributed by atoms with Gasteiger partial charge in [-0.2, -0.15) is 0 Å². The fourth-order valence-corrected chi connectivity index (χ4v) is 12.2. The van der Waals surface area contributed by atoms with Crippen molar-refractivity contribution in [1.82, 2.24) is 94.7 Å². The van der Waals surface area contributed by atoms with Crippen molar-refractivity contribution in [1.29, 1.82) is 27.0 Å². The second kappa shape index (κ2) is 44.4.